The van der Waals surface area contributed by atoms with Crippen molar-refractivity contribution >= 4 is 5.91 Å². The van der Waals surface area contributed by atoms with E-state index in [-0.39, 0.29) is 29.2 Å². The Labute approximate surface area is 93.9 Å². The van der Waals surface area contributed by atoms with Gasteiger partial charge in [0.05, 0.1) is 12.2 Å². The van der Waals surface area contributed by atoms with Gasteiger partial charge < -0.3 is 15.5 Å². The molecular weight excluding hydrogens is 206 g/mol. The number of hydrogen-bond acceptors (Lipinski definition) is 3. The minimum absolute atomic E-state index is 0.0196. The fourth-order valence-electron chi connectivity index (χ4n) is 1.60. The number of benzene rings is 1. The average Bonchev–Trinajstić information content (AvgIpc) is 3.07. The second-order valence-corrected chi connectivity index (χ2v) is 4.36. The molecule has 1 aliphatic carbocycles. The third-order valence-corrected chi connectivity index (χ3v) is 3.07. The summed E-state index contributed by atoms with van der Waals surface area (Å²) in [5.74, 6) is -0.313. The van der Waals surface area contributed by atoms with Gasteiger partial charge in [-0.25, -0.2) is 0 Å². The summed E-state index contributed by atoms with van der Waals surface area (Å²) in [4.78, 5) is 11.7. The lowest BCUT2D eigenvalue weighted by Crippen LogP contribution is -2.31. The van der Waals surface area contributed by atoms with E-state index < -0.39 is 0 Å². The van der Waals surface area contributed by atoms with E-state index in [9.17, 15) is 9.90 Å². The van der Waals surface area contributed by atoms with E-state index in [1.54, 1.807) is 18.2 Å². The summed E-state index contributed by atoms with van der Waals surface area (Å²) in [6.07, 6.45) is 1.90. The van der Waals surface area contributed by atoms with Gasteiger partial charge in [-0.3, -0.25) is 4.79 Å². The Morgan fingerprint density at radius 2 is 2.06 bits per heavy atom. The van der Waals surface area contributed by atoms with Crippen LogP contribution in [-0.2, 0) is 0 Å². The first-order valence-corrected chi connectivity index (χ1v) is 5.34. The van der Waals surface area contributed by atoms with Crippen LogP contribution in [0.15, 0.2) is 24.3 Å². The third kappa shape index (κ3) is 2.17. The molecule has 0 atom stereocenters. The van der Waals surface area contributed by atoms with Crippen molar-refractivity contribution in [3.63, 3.8) is 0 Å². The SMILES string of the molecule is O=C(NCC1(CO)CC1)c1ccccc1O. The van der Waals surface area contributed by atoms with Crippen LogP contribution in [0.25, 0.3) is 0 Å². The number of carbonyl (C=O) groups excluding carboxylic acids is 1. The van der Waals surface area contributed by atoms with Crippen LogP contribution in [0.3, 0.4) is 0 Å². The smallest absolute Gasteiger partial charge is 0.255 e. The van der Waals surface area contributed by atoms with Crippen molar-refractivity contribution in [3.05, 3.63) is 29.8 Å². The Hall–Kier alpha value is -1.55. The van der Waals surface area contributed by atoms with Gasteiger partial charge in [-0.05, 0) is 25.0 Å². The lowest BCUT2D eigenvalue weighted by atomic mass is 10.1. The molecule has 0 aromatic heterocycles. The number of hydrogen-bond donors (Lipinski definition) is 3. The first kappa shape index (κ1) is 11.0. The maximum Gasteiger partial charge on any atom is 0.255 e. The van der Waals surface area contributed by atoms with Gasteiger partial charge in [-0.15, -0.1) is 0 Å². The van der Waals surface area contributed by atoms with E-state index in [1.165, 1.54) is 6.07 Å². The van der Waals surface area contributed by atoms with Crippen LogP contribution in [0.5, 0.6) is 5.75 Å². The van der Waals surface area contributed by atoms with E-state index in [1.807, 2.05) is 0 Å². The number of nitrogens with one attached hydrogen (secondary N) is 1. The monoisotopic (exact) mass is 221 g/mol. The van der Waals surface area contributed by atoms with Gasteiger partial charge in [0, 0.05) is 12.0 Å². The molecule has 0 radical (unpaired) electrons. The molecule has 3 N–H and O–H groups in total. The Morgan fingerprint density at radius 1 is 1.38 bits per heavy atom. The Balaban J connectivity index is 1.96. The van der Waals surface area contributed by atoms with Gasteiger partial charge in [0.1, 0.15) is 5.75 Å². The summed E-state index contributed by atoms with van der Waals surface area (Å²) in [5, 5.41) is 21.3. The summed E-state index contributed by atoms with van der Waals surface area (Å²) < 4.78 is 0. The quantitative estimate of drug-likeness (QED) is 0.707. The van der Waals surface area contributed by atoms with Crippen molar-refractivity contribution in [2.45, 2.75) is 12.8 Å². The average molecular weight is 221 g/mol. The normalized spacial score (nSPS) is 16.8. The first-order chi connectivity index (χ1) is 7.67. The van der Waals surface area contributed by atoms with Crippen LogP contribution >= 0.6 is 0 Å². The van der Waals surface area contributed by atoms with Crippen LogP contribution in [0.1, 0.15) is 23.2 Å². The maximum absolute atomic E-state index is 11.7. The molecule has 0 heterocycles. The first-order valence-electron chi connectivity index (χ1n) is 5.34. The molecule has 16 heavy (non-hydrogen) atoms. The summed E-state index contributed by atoms with van der Waals surface area (Å²) >= 11 is 0. The summed E-state index contributed by atoms with van der Waals surface area (Å²) in [6, 6.07) is 6.42. The number of para-hydroxylation sites is 1. The molecule has 0 unspecified atom stereocenters. The van der Waals surface area contributed by atoms with Crippen LogP contribution in [0.4, 0.5) is 0 Å². The zero-order valence-electron chi connectivity index (χ0n) is 8.94. The predicted octanol–water partition coefficient (Wildman–Crippen LogP) is 0.895. The zero-order valence-corrected chi connectivity index (χ0v) is 8.94. The van der Waals surface area contributed by atoms with E-state index in [2.05, 4.69) is 5.32 Å². The number of aliphatic hydroxyl groups excluding tert-OH is 1. The Bertz CT molecular complexity index is 399. The van der Waals surface area contributed by atoms with Gasteiger partial charge >= 0.3 is 0 Å². The number of phenols is 1. The zero-order chi connectivity index (χ0) is 11.6. The third-order valence-electron chi connectivity index (χ3n) is 3.07. The molecule has 0 bridgehead atoms. The van der Waals surface area contributed by atoms with Gasteiger partial charge in [-0.1, -0.05) is 12.1 Å². The Morgan fingerprint density at radius 3 is 2.62 bits per heavy atom. The molecule has 1 aromatic carbocycles. The molecule has 86 valence electrons. The molecule has 2 rings (SSSR count). The fourth-order valence-corrected chi connectivity index (χ4v) is 1.60. The molecule has 0 spiro atoms. The standard InChI is InChI=1S/C12H15NO3/c14-8-12(5-6-12)7-13-11(16)9-3-1-2-4-10(9)15/h1-4,14-15H,5-8H2,(H,13,16). The molecule has 1 aliphatic rings. The lowest BCUT2D eigenvalue weighted by Gasteiger charge is -2.13. The highest BCUT2D eigenvalue weighted by molar-refractivity contribution is 5.96. The van der Waals surface area contributed by atoms with E-state index in [4.69, 9.17) is 5.11 Å². The number of amides is 1. The van der Waals surface area contributed by atoms with Crippen molar-refractivity contribution in [2.75, 3.05) is 13.2 Å². The van der Waals surface area contributed by atoms with Crippen LogP contribution in [0, 0.1) is 5.41 Å². The molecule has 4 heteroatoms. The molecule has 4 nitrogen and oxygen atoms in total. The second kappa shape index (κ2) is 4.14. The highest BCUT2D eigenvalue weighted by atomic mass is 16.3. The number of carbonyl (C=O) groups is 1. The Kier molecular flexibility index (Phi) is 2.83. The van der Waals surface area contributed by atoms with Crippen molar-refractivity contribution in [2.24, 2.45) is 5.41 Å². The fraction of sp³-hybridized carbons (Fsp3) is 0.417. The van der Waals surface area contributed by atoms with E-state index in [0.717, 1.165) is 12.8 Å². The van der Waals surface area contributed by atoms with Crippen molar-refractivity contribution in [1.82, 2.24) is 5.32 Å². The molecule has 1 aromatic rings. The van der Waals surface area contributed by atoms with Crippen molar-refractivity contribution in [3.8, 4) is 5.75 Å². The summed E-state index contributed by atoms with van der Waals surface area (Å²) in [6.45, 7) is 0.574. The number of phenolic OH excluding ortho intramolecular Hbond substituents is 1. The molecule has 0 aliphatic heterocycles. The maximum atomic E-state index is 11.7. The van der Waals surface area contributed by atoms with E-state index >= 15 is 0 Å². The number of aromatic hydroxyl groups is 1. The van der Waals surface area contributed by atoms with Crippen LogP contribution < -0.4 is 5.32 Å². The van der Waals surface area contributed by atoms with Crippen LogP contribution in [0.2, 0.25) is 0 Å². The number of aliphatic hydroxyl groups is 1. The van der Waals surface area contributed by atoms with Gasteiger partial charge in [0.25, 0.3) is 5.91 Å². The molecule has 0 saturated heterocycles. The van der Waals surface area contributed by atoms with Gasteiger partial charge in [0.15, 0.2) is 0 Å². The highest BCUT2D eigenvalue weighted by Crippen LogP contribution is 2.44. The molecule has 1 fully saturated rings. The minimum Gasteiger partial charge on any atom is -0.507 e. The van der Waals surface area contributed by atoms with Crippen molar-refractivity contribution < 1.29 is 15.0 Å². The predicted molar refractivity (Wildman–Crippen MR) is 59.2 cm³/mol. The largest absolute Gasteiger partial charge is 0.507 e. The molecule has 1 amide bonds. The van der Waals surface area contributed by atoms with E-state index in [0.29, 0.717) is 6.54 Å². The number of rotatable bonds is 4. The van der Waals surface area contributed by atoms with Crippen molar-refractivity contribution in [1.29, 1.82) is 0 Å². The summed E-state index contributed by atoms with van der Waals surface area (Å²) in [5.41, 5.74) is 0.163. The molecule has 1 saturated carbocycles. The topological polar surface area (TPSA) is 69.6 Å². The highest BCUT2D eigenvalue weighted by Gasteiger charge is 2.42. The van der Waals surface area contributed by atoms with Gasteiger partial charge in [-0.2, -0.15) is 0 Å². The van der Waals surface area contributed by atoms with Crippen LogP contribution in [-0.4, -0.2) is 29.3 Å². The summed E-state index contributed by atoms with van der Waals surface area (Å²) in [7, 11) is 0. The molecular formula is C12H15NO3. The lowest BCUT2D eigenvalue weighted by molar-refractivity contribution is 0.0932. The minimum atomic E-state index is -0.294. The second-order valence-electron chi connectivity index (χ2n) is 4.36. The van der Waals surface area contributed by atoms with Gasteiger partial charge in [0.2, 0.25) is 0 Å².